The number of carbonyl (C=O) groups is 1. The van der Waals surface area contributed by atoms with E-state index in [-0.39, 0.29) is 42.2 Å². The molecule has 2 fully saturated rings. The molecule has 154 valence electrons. The molecule has 1 saturated heterocycles. The third-order valence-electron chi connectivity index (χ3n) is 7.35. The van der Waals surface area contributed by atoms with E-state index in [0.717, 1.165) is 50.2 Å². The van der Waals surface area contributed by atoms with Gasteiger partial charge in [-0.1, -0.05) is 5.57 Å². The topological polar surface area (TPSA) is 66.5 Å². The monoisotopic (exact) mass is 391 g/mol. The number of methoxy groups -OCH3 is 2. The lowest BCUT2D eigenvalue weighted by Gasteiger charge is -2.44. The molecule has 0 bridgehead atoms. The van der Waals surface area contributed by atoms with Crippen LogP contribution in [0.1, 0.15) is 32.1 Å². The highest BCUT2D eigenvalue weighted by Gasteiger charge is 2.57. The molecule has 0 amide bonds. The Bertz CT molecular complexity index is 730. The number of allylic oxidation sites excluding steroid dienone is 2. The SMILES string of the molecule is COC1CCC2C(C(=O)O[C@@H]2[C@@H]2C3=C(CCN2C)CC2=C(C3)OCO2)C1OC. The van der Waals surface area contributed by atoms with Crippen LogP contribution in [0.5, 0.6) is 0 Å². The lowest BCUT2D eigenvalue weighted by molar-refractivity contribution is -0.153. The highest BCUT2D eigenvalue weighted by atomic mass is 16.7. The van der Waals surface area contributed by atoms with Crippen LogP contribution in [0.25, 0.3) is 0 Å². The van der Waals surface area contributed by atoms with Crippen molar-refractivity contribution < 1.29 is 28.5 Å². The lowest BCUT2D eigenvalue weighted by Crippen LogP contribution is -2.52. The van der Waals surface area contributed by atoms with E-state index in [1.54, 1.807) is 14.2 Å². The Labute approximate surface area is 165 Å². The molecule has 7 nitrogen and oxygen atoms in total. The fourth-order valence-electron chi connectivity index (χ4n) is 5.97. The molecule has 1 saturated carbocycles. The minimum Gasteiger partial charge on any atom is -0.460 e. The van der Waals surface area contributed by atoms with Gasteiger partial charge in [-0.15, -0.1) is 0 Å². The maximum absolute atomic E-state index is 12.9. The first kappa shape index (κ1) is 18.5. The molecule has 0 aromatic heterocycles. The van der Waals surface area contributed by atoms with Gasteiger partial charge in [0.2, 0.25) is 6.79 Å². The van der Waals surface area contributed by atoms with Crippen LogP contribution in [0.4, 0.5) is 0 Å². The van der Waals surface area contributed by atoms with Gasteiger partial charge >= 0.3 is 5.97 Å². The summed E-state index contributed by atoms with van der Waals surface area (Å²) in [4.78, 5) is 15.2. The summed E-state index contributed by atoms with van der Waals surface area (Å²) in [5, 5.41) is 0. The van der Waals surface area contributed by atoms with Crippen molar-refractivity contribution in [3.8, 4) is 0 Å². The van der Waals surface area contributed by atoms with Crippen molar-refractivity contribution in [1.29, 1.82) is 0 Å². The average molecular weight is 391 g/mol. The standard InChI is InChI=1S/C21H29NO6/c1-22-7-6-11-8-15-16(27-10-26-15)9-13(11)18(22)19-12-4-5-14(24-2)20(25-3)17(12)21(23)28-19/h12,14,17-20H,4-10H2,1-3H3/t12?,14?,17?,18-,19-,20?/m0/s1. The zero-order valence-corrected chi connectivity index (χ0v) is 16.8. The van der Waals surface area contributed by atoms with Crippen molar-refractivity contribution in [3.63, 3.8) is 0 Å². The summed E-state index contributed by atoms with van der Waals surface area (Å²) in [5.41, 5.74) is 2.79. The van der Waals surface area contributed by atoms with E-state index in [1.165, 1.54) is 11.1 Å². The number of esters is 1. The van der Waals surface area contributed by atoms with Crippen LogP contribution in [0.15, 0.2) is 22.7 Å². The number of cyclic esters (lactones) is 1. The van der Waals surface area contributed by atoms with Gasteiger partial charge in [0.15, 0.2) is 0 Å². The Morgan fingerprint density at radius 3 is 2.61 bits per heavy atom. The molecule has 5 aliphatic rings. The molecule has 0 aromatic carbocycles. The summed E-state index contributed by atoms with van der Waals surface area (Å²) in [7, 11) is 5.50. The predicted molar refractivity (Wildman–Crippen MR) is 99.0 cm³/mol. The number of likely N-dealkylation sites (N-methyl/N-ethyl adjacent to an activating group) is 1. The van der Waals surface area contributed by atoms with Crippen molar-refractivity contribution in [2.24, 2.45) is 11.8 Å². The zero-order chi connectivity index (χ0) is 19.4. The predicted octanol–water partition coefficient (Wildman–Crippen LogP) is 1.98. The van der Waals surface area contributed by atoms with Crippen LogP contribution >= 0.6 is 0 Å². The number of rotatable bonds is 3. The largest absolute Gasteiger partial charge is 0.460 e. The van der Waals surface area contributed by atoms with Gasteiger partial charge in [-0.3, -0.25) is 9.69 Å². The maximum atomic E-state index is 12.9. The van der Waals surface area contributed by atoms with Gasteiger partial charge in [0.1, 0.15) is 17.6 Å². The Morgan fingerprint density at radius 1 is 1.07 bits per heavy atom. The lowest BCUT2D eigenvalue weighted by atomic mass is 9.71. The average Bonchev–Trinajstić information content (AvgIpc) is 3.29. The Hall–Kier alpha value is -1.57. The van der Waals surface area contributed by atoms with Crippen LogP contribution in [0.3, 0.4) is 0 Å². The molecule has 0 N–H and O–H groups in total. The van der Waals surface area contributed by atoms with E-state index in [0.29, 0.717) is 6.79 Å². The van der Waals surface area contributed by atoms with Crippen molar-refractivity contribution >= 4 is 5.97 Å². The third-order valence-corrected chi connectivity index (χ3v) is 7.35. The molecule has 3 aliphatic heterocycles. The number of nitrogens with zero attached hydrogens (tertiary/aromatic N) is 1. The van der Waals surface area contributed by atoms with Gasteiger partial charge < -0.3 is 23.7 Å². The van der Waals surface area contributed by atoms with Crippen LogP contribution < -0.4 is 0 Å². The van der Waals surface area contributed by atoms with E-state index < -0.39 is 0 Å². The molecular formula is C21H29NO6. The van der Waals surface area contributed by atoms with Crippen molar-refractivity contribution in [1.82, 2.24) is 4.90 Å². The summed E-state index contributed by atoms with van der Waals surface area (Å²) in [6.45, 7) is 1.29. The molecule has 28 heavy (non-hydrogen) atoms. The second kappa shape index (κ2) is 7.04. The molecule has 3 heterocycles. The fraction of sp³-hybridized carbons (Fsp3) is 0.762. The summed E-state index contributed by atoms with van der Waals surface area (Å²) in [6, 6.07) is 0.0950. The Morgan fingerprint density at radius 2 is 1.86 bits per heavy atom. The Balaban J connectivity index is 1.45. The summed E-state index contributed by atoms with van der Waals surface area (Å²) < 4.78 is 28.7. The van der Waals surface area contributed by atoms with Crippen LogP contribution in [-0.4, -0.2) is 69.8 Å². The first-order valence-corrected chi connectivity index (χ1v) is 10.3. The summed E-state index contributed by atoms with van der Waals surface area (Å²) >= 11 is 0. The molecule has 0 aromatic rings. The first-order chi connectivity index (χ1) is 13.6. The van der Waals surface area contributed by atoms with Crippen molar-refractivity contribution in [2.45, 2.75) is 56.5 Å². The third kappa shape index (κ3) is 2.70. The van der Waals surface area contributed by atoms with Gasteiger partial charge in [0, 0.05) is 39.5 Å². The van der Waals surface area contributed by atoms with E-state index >= 15 is 0 Å². The van der Waals surface area contributed by atoms with Crippen molar-refractivity contribution in [2.75, 3.05) is 34.6 Å². The fourth-order valence-corrected chi connectivity index (χ4v) is 5.97. The number of fused-ring (bicyclic) bond motifs is 1. The number of carbonyl (C=O) groups excluding carboxylic acids is 1. The van der Waals surface area contributed by atoms with Gasteiger partial charge in [0.05, 0.1) is 24.2 Å². The minimum absolute atomic E-state index is 0.0529. The smallest absolute Gasteiger partial charge is 0.312 e. The van der Waals surface area contributed by atoms with E-state index in [2.05, 4.69) is 11.9 Å². The van der Waals surface area contributed by atoms with Gasteiger partial charge in [-0.05, 0) is 31.9 Å². The van der Waals surface area contributed by atoms with Crippen molar-refractivity contribution in [3.05, 3.63) is 22.7 Å². The molecule has 4 unspecified atom stereocenters. The normalized spacial score (nSPS) is 40.5. The molecule has 2 aliphatic carbocycles. The number of ether oxygens (including phenoxy) is 5. The molecule has 6 atom stereocenters. The quantitative estimate of drug-likeness (QED) is 0.538. The van der Waals surface area contributed by atoms with Crippen LogP contribution in [0, 0.1) is 11.8 Å². The first-order valence-electron chi connectivity index (χ1n) is 10.3. The van der Waals surface area contributed by atoms with Gasteiger partial charge in [-0.2, -0.15) is 0 Å². The zero-order valence-electron chi connectivity index (χ0n) is 16.8. The summed E-state index contributed by atoms with van der Waals surface area (Å²) in [6.07, 6.45) is 3.99. The van der Waals surface area contributed by atoms with Crippen LogP contribution in [0.2, 0.25) is 0 Å². The van der Waals surface area contributed by atoms with Gasteiger partial charge in [-0.25, -0.2) is 0 Å². The number of hydrogen-bond donors (Lipinski definition) is 0. The van der Waals surface area contributed by atoms with E-state index in [1.807, 2.05) is 0 Å². The maximum Gasteiger partial charge on any atom is 0.312 e. The molecule has 5 rings (SSSR count). The molecule has 7 heteroatoms. The van der Waals surface area contributed by atoms with Crippen LogP contribution in [-0.2, 0) is 28.5 Å². The molecule has 0 radical (unpaired) electrons. The minimum atomic E-state index is -0.252. The number of hydrogen-bond acceptors (Lipinski definition) is 7. The van der Waals surface area contributed by atoms with E-state index in [9.17, 15) is 4.79 Å². The molecular weight excluding hydrogens is 362 g/mol. The summed E-state index contributed by atoms with van der Waals surface area (Å²) in [5.74, 6) is 1.71. The molecule has 0 spiro atoms. The second-order valence-corrected chi connectivity index (χ2v) is 8.55. The van der Waals surface area contributed by atoms with E-state index in [4.69, 9.17) is 23.7 Å². The van der Waals surface area contributed by atoms with Gasteiger partial charge in [0.25, 0.3) is 0 Å². The highest BCUT2D eigenvalue weighted by molar-refractivity contribution is 5.76. The Kier molecular flexibility index (Phi) is 4.64. The second-order valence-electron chi connectivity index (χ2n) is 8.55. The highest BCUT2D eigenvalue weighted by Crippen LogP contribution is 2.48.